The Kier molecular flexibility index (Phi) is 6.35. The Bertz CT molecular complexity index is 951. The molecule has 2 aromatic carbocycles. The molecule has 1 atom stereocenters. The molecular formula is C22H23N3O4. The van der Waals surface area contributed by atoms with Crippen LogP contribution in [-0.2, 0) is 16.0 Å². The number of methoxy groups -OCH3 is 2. The number of nitriles is 1. The molecule has 2 aromatic rings. The molecule has 0 spiro atoms. The van der Waals surface area contributed by atoms with Crippen molar-refractivity contribution in [1.29, 1.82) is 5.26 Å². The van der Waals surface area contributed by atoms with E-state index in [2.05, 4.69) is 5.32 Å². The van der Waals surface area contributed by atoms with Gasteiger partial charge in [0, 0.05) is 25.2 Å². The molecule has 0 aliphatic carbocycles. The van der Waals surface area contributed by atoms with Crippen molar-refractivity contribution in [2.75, 3.05) is 32.6 Å². The van der Waals surface area contributed by atoms with Gasteiger partial charge < -0.3 is 19.7 Å². The molecule has 1 aliphatic heterocycles. The van der Waals surface area contributed by atoms with Gasteiger partial charge in [-0.15, -0.1) is 0 Å². The zero-order valence-corrected chi connectivity index (χ0v) is 16.5. The van der Waals surface area contributed by atoms with Crippen LogP contribution in [0.25, 0.3) is 0 Å². The molecule has 1 aliphatic rings. The summed E-state index contributed by atoms with van der Waals surface area (Å²) >= 11 is 0. The van der Waals surface area contributed by atoms with Crippen LogP contribution in [0.3, 0.4) is 0 Å². The number of nitrogens with one attached hydrogen (secondary N) is 1. The SMILES string of the molecule is COc1ccc(CCN2C[C@@H](C(=O)Nc3cccc(C#N)c3)CC2=O)cc1OC. The molecule has 150 valence electrons. The summed E-state index contributed by atoms with van der Waals surface area (Å²) < 4.78 is 10.6. The lowest BCUT2D eigenvalue weighted by molar-refractivity contribution is -0.128. The minimum atomic E-state index is -0.404. The molecule has 1 fully saturated rings. The second-order valence-corrected chi connectivity index (χ2v) is 6.86. The fourth-order valence-corrected chi connectivity index (χ4v) is 3.37. The summed E-state index contributed by atoms with van der Waals surface area (Å²) in [7, 11) is 3.17. The Balaban J connectivity index is 1.57. The van der Waals surface area contributed by atoms with Gasteiger partial charge in [-0.1, -0.05) is 12.1 Å². The highest BCUT2D eigenvalue weighted by Gasteiger charge is 2.34. The van der Waals surface area contributed by atoms with Crippen molar-refractivity contribution in [2.45, 2.75) is 12.8 Å². The van der Waals surface area contributed by atoms with E-state index in [1.54, 1.807) is 43.4 Å². The number of amides is 2. The van der Waals surface area contributed by atoms with Crippen LogP contribution in [0, 0.1) is 17.2 Å². The molecule has 1 saturated heterocycles. The van der Waals surface area contributed by atoms with Gasteiger partial charge in [-0.2, -0.15) is 5.26 Å². The maximum absolute atomic E-state index is 12.5. The van der Waals surface area contributed by atoms with Gasteiger partial charge in [-0.25, -0.2) is 0 Å². The highest BCUT2D eigenvalue weighted by molar-refractivity contribution is 5.97. The lowest BCUT2D eigenvalue weighted by Crippen LogP contribution is -2.30. The van der Waals surface area contributed by atoms with Crippen molar-refractivity contribution < 1.29 is 19.1 Å². The highest BCUT2D eigenvalue weighted by atomic mass is 16.5. The molecule has 1 heterocycles. The Morgan fingerprint density at radius 1 is 1.21 bits per heavy atom. The average molecular weight is 393 g/mol. The molecule has 7 heteroatoms. The summed E-state index contributed by atoms with van der Waals surface area (Å²) in [6.45, 7) is 0.915. The van der Waals surface area contributed by atoms with Crippen molar-refractivity contribution >= 4 is 17.5 Å². The molecule has 0 unspecified atom stereocenters. The summed E-state index contributed by atoms with van der Waals surface area (Å²) in [5.74, 6) is 0.664. The normalized spacial score (nSPS) is 15.7. The first kappa shape index (κ1) is 20.2. The third-order valence-corrected chi connectivity index (χ3v) is 4.96. The number of likely N-dealkylation sites (tertiary alicyclic amines) is 1. The first-order valence-electron chi connectivity index (χ1n) is 9.33. The van der Waals surface area contributed by atoms with Crippen molar-refractivity contribution in [3.05, 3.63) is 53.6 Å². The van der Waals surface area contributed by atoms with Gasteiger partial charge in [0.1, 0.15) is 0 Å². The first-order valence-corrected chi connectivity index (χ1v) is 9.33. The van der Waals surface area contributed by atoms with Gasteiger partial charge in [-0.3, -0.25) is 9.59 Å². The predicted octanol–water partition coefficient (Wildman–Crippen LogP) is 2.61. The Morgan fingerprint density at radius 2 is 2.00 bits per heavy atom. The smallest absolute Gasteiger partial charge is 0.229 e. The van der Waals surface area contributed by atoms with Gasteiger partial charge in [-0.05, 0) is 42.3 Å². The summed E-state index contributed by atoms with van der Waals surface area (Å²) in [5, 5.41) is 11.8. The minimum absolute atomic E-state index is 0.0311. The van der Waals surface area contributed by atoms with Crippen molar-refractivity contribution in [2.24, 2.45) is 5.92 Å². The lowest BCUT2D eigenvalue weighted by Gasteiger charge is -2.17. The van der Waals surface area contributed by atoms with E-state index in [0.717, 1.165) is 5.56 Å². The third-order valence-electron chi connectivity index (χ3n) is 4.96. The van der Waals surface area contributed by atoms with Gasteiger partial charge in [0.15, 0.2) is 11.5 Å². The van der Waals surface area contributed by atoms with Crippen LogP contribution in [0.15, 0.2) is 42.5 Å². The number of anilines is 1. The van der Waals surface area contributed by atoms with Crippen molar-refractivity contribution in [1.82, 2.24) is 4.90 Å². The van der Waals surface area contributed by atoms with E-state index in [1.807, 2.05) is 24.3 Å². The summed E-state index contributed by atoms with van der Waals surface area (Å²) in [6.07, 6.45) is 0.848. The number of hydrogen-bond acceptors (Lipinski definition) is 5. The van der Waals surface area contributed by atoms with Crippen LogP contribution in [0.2, 0.25) is 0 Å². The quantitative estimate of drug-likeness (QED) is 0.781. The van der Waals surface area contributed by atoms with E-state index in [-0.39, 0.29) is 18.2 Å². The number of nitrogens with zero attached hydrogens (tertiary/aromatic N) is 2. The molecule has 0 radical (unpaired) electrons. The largest absolute Gasteiger partial charge is 0.493 e. The van der Waals surface area contributed by atoms with E-state index in [0.29, 0.717) is 42.3 Å². The number of rotatable bonds is 7. The van der Waals surface area contributed by atoms with Crippen LogP contribution < -0.4 is 14.8 Å². The molecule has 29 heavy (non-hydrogen) atoms. The predicted molar refractivity (Wildman–Crippen MR) is 108 cm³/mol. The fraction of sp³-hybridized carbons (Fsp3) is 0.318. The first-order chi connectivity index (χ1) is 14.0. The monoisotopic (exact) mass is 393 g/mol. The van der Waals surface area contributed by atoms with Crippen molar-refractivity contribution in [3.8, 4) is 17.6 Å². The van der Waals surface area contributed by atoms with Gasteiger partial charge in [0.25, 0.3) is 0 Å². The van der Waals surface area contributed by atoms with Gasteiger partial charge in [0.05, 0.1) is 31.8 Å². The number of ether oxygens (including phenoxy) is 2. The zero-order valence-electron chi connectivity index (χ0n) is 16.5. The second-order valence-electron chi connectivity index (χ2n) is 6.86. The van der Waals surface area contributed by atoms with Gasteiger partial charge >= 0.3 is 0 Å². The highest BCUT2D eigenvalue weighted by Crippen LogP contribution is 2.28. The summed E-state index contributed by atoms with van der Waals surface area (Å²) in [5.41, 5.74) is 2.06. The fourth-order valence-electron chi connectivity index (χ4n) is 3.37. The van der Waals surface area contributed by atoms with E-state index < -0.39 is 5.92 Å². The molecule has 0 bridgehead atoms. The van der Waals surface area contributed by atoms with E-state index in [1.165, 1.54) is 0 Å². The minimum Gasteiger partial charge on any atom is -0.493 e. The molecule has 0 aromatic heterocycles. The van der Waals surface area contributed by atoms with Gasteiger partial charge in [0.2, 0.25) is 11.8 Å². The lowest BCUT2D eigenvalue weighted by atomic mass is 10.1. The number of carbonyl (C=O) groups is 2. The number of benzene rings is 2. The molecule has 3 rings (SSSR count). The molecular weight excluding hydrogens is 370 g/mol. The summed E-state index contributed by atoms with van der Waals surface area (Å²) in [6, 6.07) is 14.4. The van der Waals surface area contributed by atoms with Crippen LogP contribution >= 0.6 is 0 Å². The molecule has 1 N–H and O–H groups in total. The summed E-state index contributed by atoms with van der Waals surface area (Å²) in [4.78, 5) is 26.6. The third kappa shape index (κ3) is 4.85. The van der Waals surface area contributed by atoms with E-state index >= 15 is 0 Å². The van der Waals surface area contributed by atoms with Crippen LogP contribution in [-0.4, -0.2) is 44.0 Å². The van der Waals surface area contributed by atoms with Crippen LogP contribution in [0.1, 0.15) is 17.5 Å². The topological polar surface area (TPSA) is 91.7 Å². The van der Waals surface area contributed by atoms with Crippen LogP contribution in [0.5, 0.6) is 11.5 Å². The maximum atomic E-state index is 12.5. The second kappa shape index (κ2) is 9.11. The van der Waals surface area contributed by atoms with Crippen LogP contribution in [0.4, 0.5) is 5.69 Å². The number of hydrogen-bond donors (Lipinski definition) is 1. The van der Waals surface area contributed by atoms with E-state index in [9.17, 15) is 9.59 Å². The Labute approximate surface area is 169 Å². The van der Waals surface area contributed by atoms with Crippen molar-refractivity contribution in [3.63, 3.8) is 0 Å². The molecule has 2 amide bonds. The molecule has 7 nitrogen and oxygen atoms in total. The Hall–Kier alpha value is -3.53. The Morgan fingerprint density at radius 3 is 2.72 bits per heavy atom. The maximum Gasteiger partial charge on any atom is 0.229 e. The molecule has 0 saturated carbocycles. The van der Waals surface area contributed by atoms with E-state index in [4.69, 9.17) is 14.7 Å². The number of carbonyl (C=O) groups excluding carboxylic acids is 2. The standard InChI is InChI=1S/C22H23N3O4/c1-28-19-7-6-15(11-20(19)29-2)8-9-25-14-17(12-21(25)26)22(27)24-18-5-3-4-16(10-18)13-23/h3-7,10-11,17H,8-9,12,14H2,1-2H3,(H,24,27)/t17-/m0/s1. The average Bonchev–Trinajstić information content (AvgIpc) is 3.12. The zero-order chi connectivity index (χ0) is 20.8.